The fraction of sp³-hybridized carbons (Fsp3) is 0.529. The minimum atomic E-state index is -0.123. The number of nitrogens with one attached hydrogen (secondary N) is 2. The van der Waals surface area contributed by atoms with E-state index in [1.165, 1.54) is 0 Å². The Bertz CT molecular complexity index is 481. The van der Waals surface area contributed by atoms with Crippen molar-refractivity contribution in [2.75, 3.05) is 25.5 Å². The summed E-state index contributed by atoms with van der Waals surface area (Å²) in [5.41, 5.74) is 1.92. The molecule has 0 bridgehead atoms. The van der Waals surface area contributed by atoms with E-state index in [0.29, 0.717) is 0 Å². The third-order valence-corrected chi connectivity index (χ3v) is 3.51. The van der Waals surface area contributed by atoms with E-state index in [1.54, 1.807) is 11.9 Å². The van der Waals surface area contributed by atoms with Crippen LogP contribution in [0.4, 0.5) is 5.69 Å². The van der Waals surface area contributed by atoms with E-state index >= 15 is 0 Å². The Hall–Kier alpha value is -1.88. The molecule has 2 N–H and O–H groups in total. The zero-order valence-corrected chi connectivity index (χ0v) is 14.0. The second-order valence-corrected chi connectivity index (χ2v) is 5.67. The van der Waals surface area contributed by atoms with Gasteiger partial charge >= 0.3 is 0 Å². The average Bonchev–Trinajstić information content (AvgIpc) is 2.46. The topological polar surface area (TPSA) is 61.4 Å². The van der Waals surface area contributed by atoms with Crippen molar-refractivity contribution in [3.63, 3.8) is 0 Å². The number of carbonyl (C=O) groups is 2. The molecule has 0 atom stereocenters. The molecule has 1 aromatic carbocycles. The van der Waals surface area contributed by atoms with Crippen LogP contribution in [0.3, 0.4) is 0 Å². The van der Waals surface area contributed by atoms with Crippen LogP contribution in [0.2, 0.25) is 0 Å². The van der Waals surface area contributed by atoms with Gasteiger partial charge in [-0.15, -0.1) is 0 Å². The SMILES string of the molecule is CCC(CC)NC(=O)CN(C)CC(=O)Nc1ccc(C)cc1. The third-order valence-electron chi connectivity index (χ3n) is 3.51. The number of aryl methyl sites for hydroxylation is 1. The van der Waals surface area contributed by atoms with Gasteiger partial charge in [0, 0.05) is 11.7 Å². The molecule has 0 radical (unpaired) electrons. The second kappa shape index (κ2) is 9.20. The first-order valence-electron chi connectivity index (χ1n) is 7.79. The third kappa shape index (κ3) is 6.72. The van der Waals surface area contributed by atoms with Crippen molar-refractivity contribution in [3.05, 3.63) is 29.8 Å². The molecular formula is C17H27N3O2. The van der Waals surface area contributed by atoms with Gasteiger partial charge < -0.3 is 10.6 Å². The Morgan fingerprint density at radius 1 is 1.05 bits per heavy atom. The van der Waals surface area contributed by atoms with Gasteiger partial charge in [0.2, 0.25) is 11.8 Å². The number of carbonyl (C=O) groups excluding carboxylic acids is 2. The Labute approximate surface area is 133 Å². The fourth-order valence-electron chi connectivity index (χ4n) is 2.15. The Balaban J connectivity index is 2.37. The molecule has 22 heavy (non-hydrogen) atoms. The number of nitrogens with zero attached hydrogens (tertiary/aromatic N) is 1. The van der Waals surface area contributed by atoms with Crippen LogP contribution in [0.5, 0.6) is 0 Å². The van der Waals surface area contributed by atoms with Crippen LogP contribution in [0.15, 0.2) is 24.3 Å². The minimum absolute atomic E-state index is 0.0423. The van der Waals surface area contributed by atoms with Gasteiger partial charge in [0.05, 0.1) is 13.1 Å². The summed E-state index contributed by atoms with van der Waals surface area (Å²) in [5.74, 6) is -0.166. The zero-order valence-electron chi connectivity index (χ0n) is 14.0. The largest absolute Gasteiger partial charge is 0.352 e. The van der Waals surface area contributed by atoms with E-state index in [0.717, 1.165) is 24.1 Å². The first kappa shape index (κ1) is 18.2. The van der Waals surface area contributed by atoms with Crippen LogP contribution in [-0.2, 0) is 9.59 Å². The Morgan fingerprint density at radius 3 is 2.14 bits per heavy atom. The molecule has 0 saturated carbocycles. The van der Waals surface area contributed by atoms with Crippen LogP contribution in [-0.4, -0.2) is 42.9 Å². The van der Waals surface area contributed by atoms with Gasteiger partial charge in [-0.05, 0) is 38.9 Å². The van der Waals surface area contributed by atoms with Crippen molar-refractivity contribution in [3.8, 4) is 0 Å². The molecule has 2 amide bonds. The van der Waals surface area contributed by atoms with Gasteiger partial charge in [-0.25, -0.2) is 0 Å². The summed E-state index contributed by atoms with van der Waals surface area (Å²) in [5, 5.41) is 5.79. The normalized spacial score (nSPS) is 10.8. The first-order valence-corrected chi connectivity index (χ1v) is 7.79. The van der Waals surface area contributed by atoms with Gasteiger partial charge in [0.1, 0.15) is 0 Å². The summed E-state index contributed by atoms with van der Waals surface area (Å²) >= 11 is 0. The van der Waals surface area contributed by atoms with Gasteiger partial charge in [0.15, 0.2) is 0 Å². The monoisotopic (exact) mass is 305 g/mol. The molecule has 0 unspecified atom stereocenters. The molecular weight excluding hydrogens is 278 g/mol. The van der Waals surface area contributed by atoms with Crippen molar-refractivity contribution in [2.45, 2.75) is 39.7 Å². The zero-order chi connectivity index (χ0) is 16.5. The average molecular weight is 305 g/mol. The van der Waals surface area contributed by atoms with Crippen LogP contribution in [0, 0.1) is 6.92 Å². The first-order chi connectivity index (χ1) is 10.4. The maximum atomic E-state index is 11.9. The quantitative estimate of drug-likeness (QED) is 0.774. The molecule has 0 aliphatic carbocycles. The van der Waals surface area contributed by atoms with Crippen LogP contribution < -0.4 is 10.6 Å². The maximum absolute atomic E-state index is 11.9. The second-order valence-electron chi connectivity index (χ2n) is 5.67. The van der Waals surface area contributed by atoms with Crippen molar-refractivity contribution in [1.29, 1.82) is 0 Å². The number of hydrogen-bond acceptors (Lipinski definition) is 3. The Kier molecular flexibility index (Phi) is 7.60. The molecule has 0 fully saturated rings. The van der Waals surface area contributed by atoms with Gasteiger partial charge in [0.25, 0.3) is 0 Å². The molecule has 0 aliphatic heterocycles. The molecule has 0 heterocycles. The Morgan fingerprint density at radius 2 is 1.59 bits per heavy atom. The highest BCUT2D eigenvalue weighted by molar-refractivity contribution is 5.92. The molecule has 1 rings (SSSR count). The van der Waals surface area contributed by atoms with Crippen molar-refractivity contribution in [2.24, 2.45) is 0 Å². The molecule has 122 valence electrons. The molecule has 5 heteroatoms. The van der Waals surface area contributed by atoms with Crippen molar-refractivity contribution < 1.29 is 9.59 Å². The lowest BCUT2D eigenvalue weighted by Gasteiger charge is -2.19. The summed E-state index contributed by atoms with van der Waals surface area (Å²) in [4.78, 5) is 25.5. The van der Waals surface area contributed by atoms with E-state index < -0.39 is 0 Å². The van der Waals surface area contributed by atoms with Gasteiger partial charge in [-0.1, -0.05) is 31.5 Å². The number of hydrogen-bond donors (Lipinski definition) is 2. The van der Waals surface area contributed by atoms with E-state index in [4.69, 9.17) is 0 Å². The lowest BCUT2D eigenvalue weighted by molar-refractivity contribution is -0.123. The number of likely N-dealkylation sites (N-methyl/N-ethyl adjacent to an activating group) is 1. The summed E-state index contributed by atoms with van der Waals surface area (Å²) in [6, 6.07) is 7.84. The maximum Gasteiger partial charge on any atom is 0.238 e. The van der Waals surface area contributed by atoms with Crippen LogP contribution >= 0.6 is 0 Å². The summed E-state index contributed by atoms with van der Waals surface area (Å²) < 4.78 is 0. The summed E-state index contributed by atoms with van der Waals surface area (Å²) in [6.45, 7) is 6.50. The fourth-order valence-corrected chi connectivity index (χ4v) is 2.15. The van der Waals surface area contributed by atoms with E-state index in [-0.39, 0.29) is 30.9 Å². The lowest BCUT2D eigenvalue weighted by atomic mass is 10.2. The molecule has 5 nitrogen and oxygen atoms in total. The van der Waals surface area contributed by atoms with Gasteiger partial charge in [-0.2, -0.15) is 0 Å². The molecule has 0 aliphatic rings. The van der Waals surface area contributed by atoms with E-state index in [2.05, 4.69) is 10.6 Å². The molecule has 0 saturated heterocycles. The highest BCUT2D eigenvalue weighted by Gasteiger charge is 2.13. The van der Waals surface area contributed by atoms with E-state index in [9.17, 15) is 9.59 Å². The predicted molar refractivity (Wildman–Crippen MR) is 89.8 cm³/mol. The minimum Gasteiger partial charge on any atom is -0.352 e. The van der Waals surface area contributed by atoms with Gasteiger partial charge in [-0.3, -0.25) is 14.5 Å². The number of anilines is 1. The predicted octanol–water partition coefficient (Wildman–Crippen LogP) is 2.17. The highest BCUT2D eigenvalue weighted by atomic mass is 16.2. The summed E-state index contributed by atoms with van der Waals surface area (Å²) in [7, 11) is 1.77. The molecule has 0 spiro atoms. The molecule has 1 aromatic rings. The smallest absolute Gasteiger partial charge is 0.238 e. The van der Waals surface area contributed by atoms with E-state index in [1.807, 2.05) is 45.0 Å². The van der Waals surface area contributed by atoms with Crippen LogP contribution in [0.25, 0.3) is 0 Å². The molecule has 0 aromatic heterocycles. The highest BCUT2D eigenvalue weighted by Crippen LogP contribution is 2.08. The van der Waals surface area contributed by atoms with Crippen LogP contribution in [0.1, 0.15) is 32.3 Å². The lowest BCUT2D eigenvalue weighted by Crippen LogP contribution is -2.42. The number of rotatable bonds is 8. The van der Waals surface area contributed by atoms with Crippen molar-refractivity contribution >= 4 is 17.5 Å². The number of benzene rings is 1. The standard InChI is InChI=1S/C17H27N3O2/c1-5-14(6-2)18-16(21)11-20(4)12-17(22)19-15-9-7-13(3)8-10-15/h7-10,14H,5-6,11-12H2,1-4H3,(H,18,21)(H,19,22). The van der Waals surface area contributed by atoms with Crippen molar-refractivity contribution in [1.82, 2.24) is 10.2 Å². The number of amides is 2. The summed E-state index contributed by atoms with van der Waals surface area (Å²) in [6.07, 6.45) is 1.83.